The van der Waals surface area contributed by atoms with Gasteiger partial charge < -0.3 is 28.1 Å². The Morgan fingerprint density at radius 1 is 0.950 bits per heavy atom. The van der Waals surface area contributed by atoms with Crippen LogP contribution in [0.15, 0.2) is 23.0 Å². The van der Waals surface area contributed by atoms with Crippen molar-refractivity contribution in [2.45, 2.75) is 110 Å². The molecule has 5 aliphatic rings. The van der Waals surface area contributed by atoms with Gasteiger partial charge in [0.15, 0.2) is 6.10 Å². The van der Waals surface area contributed by atoms with E-state index in [1.807, 2.05) is 20.8 Å². The SMILES string of the molecule is CC(=O)O[C@H]1CC(=O)OC(C)(C)[C@@H]2C[C@@H](OC(C)=O)[C@]3(C)[C@H](CC[C@@]4(C)[C@H](c5ccoc5)OC(=O)[C@H]5O[C@@]534)[C@@]12C. The summed E-state index contributed by atoms with van der Waals surface area (Å²) in [4.78, 5) is 51.5. The Morgan fingerprint density at radius 2 is 1.62 bits per heavy atom. The van der Waals surface area contributed by atoms with E-state index in [0.29, 0.717) is 19.3 Å². The lowest BCUT2D eigenvalue weighted by Gasteiger charge is -2.68. The van der Waals surface area contributed by atoms with Crippen LogP contribution in [0.1, 0.15) is 85.8 Å². The molecule has 2 aliphatic carbocycles. The maximum Gasteiger partial charge on any atom is 0.339 e. The lowest BCUT2D eigenvalue weighted by Crippen LogP contribution is -2.74. The third-order valence-electron chi connectivity index (χ3n) is 11.3. The van der Waals surface area contributed by atoms with Gasteiger partial charge >= 0.3 is 23.9 Å². The molecule has 2 saturated carbocycles. The Labute approximate surface area is 233 Å². The van der Waals surface area contributed by atoms with Crippen LogP contribution < -0.4 is 0 Å². The van der Waals surface area contributed by atoms with Crippen LogP contribution in [-0.4, -0.2) is 53.4 Å². The van der Waals surface area contributed by atoms with Gasteiger partial charge in [-0.15, -0.1) is 0 Å². The number of epoxide rings is 1. The first-order valence-electron chi connectivity index (χ1n) is 14.1. The van der Waals surface area contributed by atoms with Gasteiger partial charge in [0.25, 0.3) is 0 Å². The van der Waals surface area contributed by atoms with E-state index in [-0.39, 0.29) is 18.3 Å². The van der Waals surface area contributed by atoms with Gasteiger partial charge in [-0.3, -0.25) is 14.4 Å². The fraction of sp³-hybridized carbons (Fsp3) is 0.733. The lowest BCUT2D eigenvalue weighted by molar-refractivity contribution is -0.277. The molecule has 40 heavy (non-hydrogen) atoms. The standard InChI is InChI=1S/C30H38O10/c1-15(31)36-20-13-22(33)39-26(3,4)19-12-21(37-16(2)32)29(7)18(28(19,20)6)8-10-27(5)23(17-9-11-35-14-17)38-25(34)24-30(27,29)40-24/h9,11,14,18-21,23-24H,8,10,12-13H2,1-7H3/t18-,19+,20+,21-,23+,24-,27+,28-,29+,30-/m1/s1. The van der Waals surface area contributed by atoms with Gasteiger partial charge in [0.05, 0.1) is 18.9 Å². The van der Waals surface area contributed by atoms with Gasteiger partial charge in [-0.25, -0.2) is 4.79 Å². The van der Waals surface area contributed by atoms with Crippen molar-refractivity contribution in [2.24, 2.45) is 28.1 Å². The smallest absolute Gasteiger partial charge is 0.339 e. The van der Waals surface area contributed by atoms with E-state index in [0.717, 1.165) is 5.56 Å². The molecule has 0 radical (unpaired) electrons. The summed E-state index contributed by atoms with van der Waals surface area (Å²) < 4.78 is 36.0. The highest BCUT2D eigenvalue weighted by molar-refractivity contribution is 5.82. The predicted molar refractivity (Wildman–Crippen MR) is 136 cm³/mol. The van der Waals surface area contributed by atoms with Gasteiger partial charge in [-0.1, -0.05) is 20.8 Å². The number of cyclic esters (lactones) is 2. The second kappa shape index (κ2) is 8.33. The number of fused-ring (bicyclic) bond motifs is 3. The topological polar surface area (TPSA) is 131 Å². The molecule has 0 amide bonds. The minimum absolute atomic E-state index is 0.0882. The van der Waals surface area contributed by atoms with Crippen molar-refractivity contribution in [3.8, 4) is 0 Å². The average Bonchev–Trinajstić information content (AvgIpc) is 3.42. The molecule has 3 saturated heterocycles. The number of carbonyl (C=O) groups excluding carboxylic acids is 4. The fourth-order valence-corrected chi connectivity index (χ4v) is 9.88. The van der Waals surface area contributed by atoms with Gasteiger partial charge in [-0.2, -0.15) is 0 Å². The van der Waals surface area contributed by atoms with Gasteiger partial charge in [0, 0.05) is 41.6 Å². The van der Waals surface area contributed by atoms with E-state index in [4.69, 9.17) is 28.1 Å². The Bertz CT molecular complexity index is 1270. The van der Waals surface area contributed by atoms with Crippen LogP contribution in [-0.2, 0) is 42.9 Å². The minimum Gasteiger partial charge on any atom is -0.472 e. The third-order valence-corrected chi connectivity index (χ3v) is 11.3. The molecule has 10 heteroatoms. The number of ether oxygens (including phenoxy) is 5. The van der Waals surface area contributed by atoms with E-state index in [1.165, 1.54) is 13.8 Å². The van der Waals surface area contributed by atoms with Gasteiger partial charge in [0.1, 0.15) is 29.5 Å². The average molecular weight is 559 g/mol. The second-order valence-electron chi connectivity index (χ2n) is 13.5. The first-order valence-corrected chi connectivity index (χ1v) is 14.1. The minimum atomic E-state index is -1.03. The Kier molecular flexibility index (Phi) is 5.69. The first-order chi connectivity index (χ1) is 18.6. The zero-order valence-corrected chi connectivity index (χ0v) is 24.1. The van der Waals surface area contributed by atoms with E-state index in [9.17, 15) is 19.2 Å². The number of hydrogen-bond acceptors (Lipinski definition) is 10. The lowest BCUT2D eigenvalue weighted by atomic mass is 9.36. The van der Waals surface area contributed by atoms with E-state index >= 15 is 0 Å². The molecule has 1 aromatic rings. The summed E-state index contributed by atoms with van der Waals surface area (Å²) in [5.74, 6) is -2.43. The maximum atomic E-state index is 13.4. The largest absolute Gasteiger partial charge is 0.472 e. The van der Waals surface area contributed by atoms with Crippen molar-refractivity contribution >= 4 is 23.9 Å². The fourth-order valence-electron chi connectivity index (χ4n) is 9.88. The van der Waals surface area contributed by atoms with Crippen LogP contribution in [0.4, 0.5) is 0 Å². The number of rotatable bonds is 3. The van der Waals surface area contributed by atoms with Crippen LogP contribution in [0, 0.1) is 28.1 Å². The maximum absolute atomic E-state index is 13.4. The Hall–Kier alpha value is -2.88. The highest BCUT2D eigenvalue weighted by Crippen LogP contribution is 2.79. The summed E-state index contributed by atoms with van der Waals surface area (Å²) in [6.45, 7) is 12.6. The molecule has 10 nitrogen and oxygen atoms in total. The molecule has 10 atom stereocenters. The van der Waals surface area contributed by atoms with Crippen LogP contribution >= 0.6 is 0 Å². The molecule has 218 valence electrons. The van der Waals surface area contributed by atoms with Crippen molar-refractivity contribution in [2.75, 3.05) is 0 Å². The molecule has 0 unspecified atom stereocenters. The quantitative estimate of drug-likeness (QED) is 0.304. The van der Waals surface area contributed by atoms with E-state index < -0.39 is 75.7 Å². The molecular formula is C30H38O10. The summed E-state index contributed by atoms with van der Waals surface area (Å²) in [6, 6.07) is 1.79. The van der Waals surface area contributed by atoms with Gasteiger partial charge in [-0.05, 0) is 45.1 Å². The molecule has 4 heterocycles. The van der Waals surface area contributed by atoms with Crippen LogP contribution in [0.3, 0.4) is 0 Å². The summed E-state index contributed by atoms with van der Waals surface area (Å²) in [6.07, 6.45) is 1.72. The van der Waals surface area contributed by atoms with E-state index in [2.05, 4.69) is 13.8 Å². The summed E-state index contributed by atoms with van der Waals surface area (Å²) in [5, 5.41) is 0. The van der Waals surface area contributed by atoms with E-state index in [1.54, 1.807) is 18.6 Å². The predicted octanol–water partition coefficient (Wildman–Crippen LogP) is 4.05. The molecule has 1 spiro atoms. The van der Waals surface area contributed by atoms with Crippen LogP contribution in [0.25, 0.3) is 0 Å². The number of carbonyl (C=O) groups is 4. The zero-order chi connectivity index (χ0) is 29.0. The van der Waals surface area contributed by atoms with Crippen molar-refractivity contribution in [3.05, 3.63) is 24.2 Å². The monoisotopic (exact) mass is 558 g/mol. The van der Waals surface area contributed by atoms with Crippen molar-refractivity contribution in [1.29, 1.82) is 0 Å². The van der Waals surface area contributed by atoms with Crippen LogP contribution in [0.5, 0.6) is 0 Å². The number of esters is 4. The third kappa shape index (κ3) is 3.25. The number of hydrogen-bond donors (Lipinski definition) is 0. The molecular weight excluding hydrogens is 520 g/mol. The molecule has 3 aliphatic heterocycles. The summed E-state index contributed by atoms with van der Waals surface area (Å²) in [5.41, 5.74) is -3.57. The summed E-state index contributed by atoms with van der Waals surface area (Å²) >= 11 is 0. The Morgan fingerprint density at radius 3 is 2.25 bits per heavy atom. The van der Waals surface area contributed by atoms with Crippen molar-refractivity contribution in [1.82, 2.24) is 0 Å². The molecule has 5 fully saturated rings. The molecule has 1 aromatic heterocycles. The van der Waals surface area contributed by atoms with Crippen molar-refractivity contribution in [3.63, 3.8) is 0 Å². The normalized spacial score (nSPS) is 46.7. The number of furan rings is 1. The Balaban J connectivity index is 1.57. The first kappa shape index (κ1) is 27.3. The second-order valence-corrected chi connectivity index (χ2v) is 13.5. The summed E-state index contributed by atoms with van der Waals surface area (Å²) in [7, 11) is 0. The van der Waals surface area contributed by atoms with Gasteiger partial charge in [0.2, 0.25) is 0 Å². The molecule has 0 aromatic carbocycles. The molecule has 0 N–H and O–H groups in total. The molecule has 6 rings (SSSR count). The highest BCUT2D eigenvalue weighted by Gasteiger charge is 2.89. The molecule has 0 bridgehead atoms. The highest BCUT2D eigenvalue weighted by atomic mass is 16.7. The zero-order valence-electron chi connectivity index (χ0n) is 24.1. The van der Waals surface area contributed by atoms with Crippen molar-refractivity contribution < 1.29 is 47.3 Å². The van der Waals surface area contributed by atoms with Crippen LogP contribution in [0.2, 0.25) is 0 Å².